The maximum atomic E-state index is 12.5. The van der Waals surface area contributed by atoms with Gasteiger partial charge in [0.25, 0.3) is 0 Å². The van der Waals surface area contributed by atoms with Gasteiger partial charge in [0.2, 0.25) is 5.82 Å². The van der Waals surface area contributed by atoms with E-state index in [9.17, 15) is 4.79 Å². The first-order chi connectivity index (χ1) is 14.8. The van der Waals surface area contributed by atoms with Gasteiger partial charge in [0.05, 0.1) is 17.7 Å². The van der Waals surface area contributed by atoms with Gasteiger partial charge >= 0.3 is 6.03 Å². The molecule has 8 heteroatoms. The van der Waals surface area contributed by atoms with Crippen LogP contribution in [0.2, 0.25) is 0 Å². The van der Waals surface area contributed by atoms with Crippen molar-refractivity contribution in [2.24, 2.45) is 4.99 Å². The topological polar surface area (TPSA) is 109 Å². The van der Waals surface area contributed by atoms with Crippen molar-refractivity contribution in [3.05, 3.63) is 95.8 Å². The SMILES string of the molecule is O=C1N=C(c2cccnc2)C(c2ccccc2)C(c2ccc(-c3nn[nH]n3)cc2)N1. The van der Waals surface area contributed by atoms with E-state index in [-0.39, 0.29) is 18.0 Å². The van der Waals surface area contributed by atoms with Crippen LogP contribution in [0, 0.1) is 0 Å². The lowest BCUT2D eigenvalue weighted by atomic mass is 9.80. The molecule has 146 valence electrons. The van der Waals surface area contributed by atoms with E-state index in [1.54, 1.807) is 12.4 Å². The molecule has 2 amide bonds. The van der Waals surface area contributed by atoms with E-state index in [2.05, 4.69) is 48.1 Å². The number of urea groups is 1. The average Bonchev–Trinajstić information content (AvgIpc) is 3.35. The molecule has 4 aromatic rings. The number of amides is 2. The van der Waals surface area contributed by atoms with Gasteiger partial charge in [0.1, 0.15) is 0 Å². The van der Waals surface area contributed by atoms with Gasteiger partial charge in [0, 0.05) is 23.5 Å². The van der Waals surface area contributed by atoms with Crippen molar-refractivity contribution < 1.29 is 4.79 Å². The number of tetrazole rings is 1. The van der Waals surface area contributed by atoms with Gasteiger partial charge in [-0.2, -0.15) is 10.2 Å². The number of hydrogen-bond acceptors (Lipinski definition) is 5. The fourth-order valence-electron chi connectivity index (χ4n) is 3.75. The zero-order valence-electron chi connectivity index (χ0n) is 15.8. The van der Waals surface area contributed by atoms with E-state index in [4.69, 9.17) is 0 Å². The Balaban J connectivity index is 1.59. The summed E-state index contributed by atoms with van der Waals surface area (Å²) in [6.07, 6.45) is 3.45. The second kappa shape index (κ2) is 7.67. The van der Waals surface area contributed by atoms with Crippen LogP contribution in [0.1, 0.15) is 28.7 Å². The highest BCUT2D eigenvalue weighted by atomic mass is 16.2. The number of rotatable bonds is 4. The number of aliphatic imine (C=N–C) groups is 1. The van der Waals surface area contributed by atoms with Crippen LogP contribution >= 0.6 is 0 Å². The molecule has 2 aromatic heterocycles. The van der Waals surface area contributed by atoms with Crippen molar-refractivity contribution in [3.63, 3.8) is 0 Å². The molecule has 5 rings (SSSR count). The molecule has 30 heavy (non-hydrogen) atoms. The largest absolute Gasteiger partial charge is 0.341 e. The van der Waals surface area contributed by atoms with Gasteiger partial charge in [0.15, 0.2) is 0 Å². The molecule has 3 heterocycles. The smallest absolute Gasteiger partial charge is 0.328 e. The van der Waals surface area contributed by atoms with Crippen molar-refractivity contribution in [1.29, 1.82) is 0 Å². The number of pyridine rings is 1. The number of aromatic nitrogens is 5. The van der Waals surface area contributed by atoms with Crippen molar-refractivity contribution in [1.82, 2.24) is 30.9 Å². The van der Waals surface area contributed by atoms with Gasteiger partial charge in [-0.25, -0.2) is 4.79 Å². The van der Waals surface area contributed by atoms with Crippen LogP contribution in [0.25, 0.3) is 11.4 Å². The van der Waals surface area contributed by atoms with Crippen molar-refractivity contribution in [3.8, 4) is 11.4 Å². The average molecular weight is 395 g/mol. The van der Waals surface area contributed by atoms with Crippen LogP contribution in [0.4, 0.5) is 4.79 Å². The highest BCUT2D eigenvalue weighted by molar-refractivity contribution is 6.12. The first-order valence-corrected chi connectivity index (χ1v) is 9.48. The summed E-state index contributed by atoms with van der Waals surface area (Å²) in [5.41, 5.74) is 4.39. The van der Waals surface area contributed by atoms with Gasteiger partial charge < -0.3 is 5.32 Å². The second-order valence-electron chi connectivity index (χ2n) is 6.91. The van der Waals surface area contributed by atoms with Gasteiger partial charge in [-0.05, 0) is 22.4 Å². The van der Waals surface area contributed by atoms with E-state index in [0.29, 0.717) is 11.5 Å². The molecule has 2 unspecified atom stereocenters. The molecule has 0 saturated carbocycles. The molecule has 1 aliphatic rings. The maximum Gasteiger partial charge on any atom is 0.341 e. The zero-order valence-corrected chi connectivity index (χ0v) is 15.8. The number of H-pyrrole nitrogens is 1. The molecule has 0 aliphatic carbocycles. The monoisotopic (exact) mass is 395 g/mol. The minimum Gasteiger partial charge on any atom is -0.328 e. The Hall–Kier alpha value is -4.20. The molecule has 2 N–H and O–H groups in total. The fraction of sp³-hybridized carbons (Fsp3) is 0.0909. The summed E-state index contributed by atoms with van der Waals surface area (Å²) in [4.78, 5) is 21.1. The van der Waals surface area contributed by atoms with Crippen LogP contribution in [0.3, 0.4) is 0 Å². The van der Waals surface area contributed by atoms with E-state index in [1.165, 1.54) is 0 Å². The minimum atomic E-state index is -0.367. The van der Waals surface area contributed by atoms with E-state index >= 15 is 0 Å². The summed E-state index contributed by atoms with van der Waals surface area (Å²) in [6, 6.07) is 21.0. The van der Waals surface area contributed by atoms with Crippen LogP contribution < -0.4 is 5.32 Å². The molecule has 0 fully saturated rings. The normalized spacial score (nSPS) is 18.5. The van der Waals surface area contributed by atoms with Crippen molar-refractivity contribution >= 4 is 11.7 Å². The molecule has 2 aromatic carbocycles. The molecule has 0 bridgehead atoms. The molecular formula is C22H17N7O. The first-order valence-electron chi connectivity index (χ1n) is 9.48. The van der Waals surface area contributed by atoms with Crippen molar-refractivity contribution in [2.75, 3.05) is 0 Å². The summed E-state index contributed by atoms with van der Waals surface area (Å²) in [5, 5.41) is 17.1. The molecule has 0 saturated heterocycles. The standard InChI is InChI=1S/C22H17N7O/c30-22-24-19(15-8-10-16(11-9-15)21-26-28-29-27-21)18(14-5-2-1-3-6-14)20(25-22)17-7-4-12-23-13-17/h1-13,18-19H,(H,24,30)(H,26,27,28,29). The Morgan fingerprint density at radius 2 is 1.67 bits per heavy atom. The number of carbonyl (C=O) groups excluding carboxylic acids is 1. The minimum absolute atomic E-state index is 0.163. The predicted molar refractivity (Wildman–Crippen MR) is 111 cm³/mol. The number of aromatic amines is 1. The number of benzene rings is 2. The van der Waals surface area contributed by atoms with E-state index < -0.39 is 0 Å². The number of nitrogens with one attached hydrogen (secondary N) is 2. The quantitative estimate of drug-likeness (QED) is 0.551. The Labute approximate surface area is 172 Å². The van der Waals surface area contributed by atoms with Crippen molar-refractivity contribution in [2.45, 2.75) is 12.0 Å². The Morgan fingerprint density at radius 3 is 2.37 bits per heavy atom. The Kier molecular flexibility index (Phi) is 4.57. The Bertz CT molecular complexity index is 1170. The van der Waals surface area contributed by atoms with Gasteiger partial charge in [-0.1, -0.05) is 60.7 Å². The third kappa shape index (κ3) is 3.35. The molecular weight excluding hydrogens is 378 g/mol. The lowest BCUT2D eigenvalue weighted by molar-refractivity contribution is 0.243. The lowest BCUT2D eigenvalue weighted by Crippen LogP contribution is -2.40. The number of carbonyl (C=O) groups is 1. The van der Waals surface area contributed by atoms with E-state index in [1.807, 2.05) is 54.6 Å². The van der Waals surface area contributed by atoms with E-state index in [0.717, 1.165) is 22.3 Å². The predicted octanol–water partition coefficient (Wildman–Crippen LogP) is 3.30. The van der Waals surface area contributed by atoms with Gasteiger partial charge in [-0.15, -0.1) is 10.2 Å². The van der Waals surface area contributed by atoms with Gasteiger partial charge in [-0.3, -0.25) is 4.98 Å². The summed E-state index contributed by atoms with van der Waals surface area (Å²) < 4.78 is 0. The lowest BCUT2D eigenvalue weighted by Gasteiger charge is -2.33. The summed E-state index contributed by atoms with van der Waals surface area (Å²) in [6.45, 7) is 0. The molecule has 0 spiro atoms. The fourth-order valence-corrected chi connectivity index (χ4v) is 3.75. The molecule has 2 atom stereocenters. The number of hydrogen-bond donors (Lipinski definition) is 2. The third-order valence-electron chi connectivity index (χ3n) is 5.12. The van der Waals surface area contributed by atoms with Crippen LogP contribution in [-0.2, 0) is 0 Å². The molecule has 8 nitrogen and oxygen atoms in total. The Morgan fingerprint density at radius 1 is 0.833 bits per heavy atom. The summed E-state index contributed by atoms with van der Waals surface area (Å²) >= 11 is 0. The van der Waals surface area contributed by atoms with Crippen LogP contribution in [0.15, 0.2) is 84.1 Å². The summed E-state index contributed by atoms with van der Waals surface area (Å²) in [5.74, 6) is 0.357. The highest BCUT2D eigenvalue weighted by Gasteiger charge is 2.35. The van der Waals surface area contributed by atoms with Crippen LogP contribution in [0.5, 0.6) is 0 Å². The second-order valence-corrected chi connectivity index (χ2v) is 6.91. The zero-order chi connectivity index (χ0) is 20.3. The third-order valence-corrected chi connectivity index (χ3v) is 5.12. The summed E-state index contributed by atoms with van der Waals surface area (Å²) in [7, 11) is 0. The molecule has 0 radical (unpaired) electrons. The highest BCUT2D eigenvalue weighted by Crippen LogP contribution is 2.37. The number of nitrogens with zero attached hydrogens (tertiary/aromatic N) is 5. The maximum absolute atomic E-state index is 12.5. The van der Waals surface area contributed by atoms with Crippen LogP contribution in [-0.4, -0.2) is 37.4 Å². The first kappa shape index (κ1) is 17.9. The molecule has 1 aliphatic heterocycles.